The number of ether oxygens (including phenoxy) is 1. The van der Waals surface area contributed by atoms with Crippen LogP contribution in [0.25, 0.3) is 11.3 Å². The molecule has 0 saturated carbocycles. The van der Waals surface area contributed by atoms with Crippen LogP contribution in [0.2, 0.25) is 0 Å². The quantitative estimate of drug-likeness (QED) is 0.713. The van der Waals surface area contributed by atoms with E-state index in [-0.39, 0.29) is 23.4 Å². The van der Waals surface area contributed by atoms with Gasteiger partial charge in [-0.1, -0.05) is 32.9 Å². The van der Waals surface area contributed by atoms with Gasteiger partial charge in [0.25, 0.3) is 5.56 Å². The van der Waals surface area contributed by atoms with Crippen LogP contribution in [0.15, 0.2) is 46.6 Å². The zero-order valence-electron chi connectivity index (χ0n) is 16.2. The van der Waals surface area contributed by atoms with Gasteiger partial charge in [-0.05, 0) is 18.2 Å². The molecular weight excluding hydrogens is 376 g/mol. The average Bonchev–Trinajstić information content (AvgIpc) is 3.12. The van der Waals surface area contributed by atoms with E-state index in [0.29, 0.717) is 16.6 Å². The first-order chi connectivity index (χ1) is 13.3. The summed E-state index contributed by atoms with van der Waals surface area (Å²) >= 11 is 1.36. The standard InChI is InChI=1S/C20H22N4O3S/c1-20(2,3)16-12-28-19(21-16)22-17(25)11-24-18(26)9-8-15(23-24)13-6-5-7-14(10-13)27-4/h5-10,12H,11H2,1-4H3,(H,21,22,25). The molecule has 1 N–H and O–H groups in total. The number of amides is 1. The van der Waals surface area contributed by atoms with Crippen molar-refractivity contribution < 1.29 is 9.53 Å². The van der Waals surface area contributed by atoms with Crippen LogP contribution in [-0.2, 0) is 16.8 Å². The van der Waals surface area contributed by atoms with Crippen LogP contribution < -0.4 is 15.6 Å². The summed E-state index contributed by atoms with van der Waals surface area (Å²) in [6, 6.07) is 10.4. The predicted octanol–water partition coefficient (Wildman–Crippen LogP) is 3.31. The smallest absolute Gasteiger partial charge is 0.267 e. The number of hydrogen-bond acceptors (Lipinski definition) is 6. The highest BCUT2D eigenvalue weighted by Gasteiger charge is 2.18. The molecule has 1 aromatic carbocycles. The van der Waals surface area contributed by atoms with Crippen molar-refractivity contribution in [2.75, 3.05) is 12.4 Å². The van der Waals surface area contributed by atoms with Crippen molar-refractivity contribution in [1.82, 2.24) is 14.8 Å². The van der Waals surface area contributed by atoms with Gasteiger partial charge in [-0.25, -0.2) is 9.67 Å². The van der Waals surface area contributed by atoms with E-state index in [4.69, 9.17) is 4.74 Å². The van der Waals surface area contributed by atoms with Crippen LogP contribution in [-0.4, -0.2) is 27.8 Å². The van der Waals surface area contributed by atoms with Crippen molar-refractivity contribution in [1.29, 1.82) is 0 Å². The Morgan fingerprint density at radius 1 is 1.25 bits per heavy atom. The van der Waals surface area contributed by atoms with Crippen molar-refractivity contribution in [3.8, 4) is 17.0 Å². The topological polar surface area (TPSA) is 86.1 Å². The molecule has 0 bridgehead atoms. The maximum atomic E-state index is 12.4. The van der Waals surface area contributed by atoms with Crippen molar-refractivity contribution >= 4 is 22.4 Å². The minimum Gasteiger partial charge on any atom is -0.497 e. The molecule has 0 unspecified atom stereocenters. The minimum absolute atomic E-state index is 0.0942. The first kappa shape index (κ1) is 19.8. The van der Waals surface area contributed by atoms with Crippen LogP contribution in [0.1, 0.15) is 26.5 Å². The number of nitrogens with zero attached hydrogens (tertiary/aromatic N) is 3. The Labute approximate surface area is 167 Å². The van der Waals surface area contributed by atoms with Crippen LogP contribution in [0.5, 0.6) is 5.75 Å². The monoisotopic (exact) mass is 398 g/mol. The molecule has 146 valence electrons. The number of carbonyl (C=O) groups excluding carboxylic acids is 1. The molecule has 0 saturated heterocycles. The number of methoxy groups -OCH3 is 1. The third-order valence-electron chi connectivity index (χ3n) is 4.04. The summed E-state index contributed by atoms with van der Waals surface area (Å²) < 4.78 is 6.36. The molecule has 7 nitrogen and oxygen atoms in total. The Kier molecular flexibility index (Phi) is 5.60. The van der Waals surface area contributed by atoms with Crippen LogP contribution >= 0.6 is 11.3 Å². The van der Waals surface area contributed by atoms with Crippen LogP contribution in [0, 0.1) is 0 Å². The lowest BCUT2D eigenvalue weighted by Gasteiger charge is -2.14. The zero-order chi connectivity index (χ0) is 20.3. The lowest BCUT2D eigenvalue weighted by molar-refractivity contribution is -0.117. The van der Waals surface area contributed by atoms with Gasteiger partial charge < -0.3 is 10.1 Å². The third-order valence-corrected chi connectivity index (χ3v) is 4.80. The third kappa shape index (κ3) is 4.64. The van der Waals surface area contributed by atoms with E-state index in [1.165, 1.54) is 17.4 Å². The number of nitrogens with one attached hydrogen (secondary N) is 1. The van der Waals surface area contributed by atoms with E-state index < -0.39 is 0 Å². The number of hydrogen-bond donors (Lipinski definition) is 1. The fourth-order valence-corrected chi connectivity index (χ4v) is 3.42. The van der Waals surface area contributed by atoms with E-state index >= 15 is 0 Å². The summed E-state index contributed by atoms with van der Waals surface area (Å²) in [5, 5.41) is 9.48. The van der Waals surface area contributed by atoms with Gasteiger partial charge in [0, 0.05) is 22.4 Å². The maximum Gasteiger partial charge on any atom is 0.267 e. The maximum absolute atomic E-state index is 12.4. The normalized spacial score (nSPS) is 11.3. The van der Waals surface area contributed by atoms with Crippen molar-refractivity contribution in [3.05, 3.63) is 57.8 Å². The minimum atomic E-state index is -0.354. The second-order valence-corrected chi connectivity index (χ2v) is 8.14. The Balaban J connectivity index is 1.77. The Hall–Kier alpha value is -3.00. The molecular formula is C20H22N4O3S. The molecule has 0 aliphatic heterocycles. The first-order valence-corrected chi connectivity index (χ1v) is 9.63. The molecule has 0 fully saturated rings. The fraction of sp³-hybridized carbons (Fsp3) is 0.300. The summed E-state index contributed by atoms with van der Waals surface area (Å²) in [5.41, 5.74) is 1.83. The van der Waals surface area contributed by atoms with Gasteiger partial charge in [0.15, 0.2) is 5.13 Å². The number of thiazole rings is 1. The number of rotatable bonds is 5. The molecule has 1 amide bonds. The van der Waals surface area contributed by atoms with E-state index in [2.05, 4.69) is 36.2 Å². The van der Waals surface area contributed by atoms with Crippen molar-refractivity contribution in [2.24, 2.45) is 0 Å². The molecule has 3 rings (SSSR count). The molecule has 8 heteroatoms. The summed E-state index contributed by atoms with van der Waals surface area (Å²) in [7, 11) is 1.58. The van der Waals surface area contributed by atoms with Gasteiger partial charge in [0.05, 0.1) is 18.5 Å². The van der Waals surface area contributed by atoms with Crippen molar-refractivity contribution in [3.63, 3.8) is 0 Å². The number of anilines is 1. The Morgan fingerprint density at radius 3 is 2.71 bits per heavy atom. The summed E-state index contributed by atoms with van der Waals surface area (Å²) in [6.45, 7) is 5.98. The van der Waals surface area contributed by atoms with Gasteiger partial charge in [-0.2, -0.15) is 5.10 Å². The van der Waals surface area contributed by atoms with Gasteiger partial charge in [0.2, 0.25) is 5.91 Å². The second kappa shape index (κ2) is 7.93. The number of aromatic nitrogens is 3. The van der Waals surface area contributed by atoms with E-state index in [0.717, 1.165) is 15.9 Å². The van der Waals surface area contributed by atoms with Crippen molar-refractivity contribution in [2.45, 2.75) is 32.7 Å². The Morgan fingerprint density at radius 2 is 2.04 bits per heavy atom. The predicted molar refractivity (Wildman–Crippen MR) is 110 cm³/mol. The molecule has 0 aliphatic rings. The number of benzene rings is 1. The van der Waals surface area contributed by atoms with E-state index in [9.17, 15) is 9.59 Å². The van der Waals surface area contributed by atoms with Crippen LogP contribution in [0.4, 0.5) is 5.13 Å². The lowest BCUT2D eigenvalue weighted by Crippen LogP contribution is -2.29. The van der Waals surface area contributed by atoms with E-state index in [1.807, 2.05) is 29.6 Å². The van der Waals surface area contributed by atoms with Gasteiger partial charge >= 0.3 is 0 Å². The zero-order valence-corrected chi connectivity index (χ0v) is 17.0. The summed E-state index contributed by atoms with van der Waals surface area (Å²) in [4.78, 5) is 28.9. The lowest BCUT2D eigenvalue weighted by atomic mass is 9.93. The van der Waals surface area contributed by atoms with Crippen LogP contribution in [0.3, 0.4) is 0 Å². The van der Waals surface area contributed by atoms with Gasteiger partial charge in [-0.15, -0.1) is 11.3 Å². The highest BCUT2D eigenvalue weighted by molar-refractivity contribution is 7.13. The molecule has 28 heavy (non-hydrogen) atoms. The van der Waals surface area contributed by atoms with Gasteiger partial charge in [-0.3, -0.25) is 9.59 Å². The second-order valence-electron chi connectivity index (χ2n) is 7.28. The fourth-order valence-electron chi connectivity index (χ4n) is 2.47. The van der Waals surface area contributed by atoms with Gasteiger partial charge in [0.1, 0.15) is 12.3 Å². The summed E-state index contributed by atoms with van der Waals surface area (Å²) in [6.07, 6.45) is 0. The molecule has 0 atom stereocenters. The molecule has 2 aromatic heterocycles. The Bertz CT molecular complexity index is 1050. The first-order valence-electron chi connectivity index (χ1n) is 8.75. The highest BCUT2D eigenvalue weighted by atomic mass is 32.1. The largest absolute Gasteiger partial charge is 0.497 e. The average molecular weight is 398 g/mol. The highest BCUT2D eigenvalue weighted by Crippen LogP contribution is 2.26. The summed E-state index contributed by atoms with van der Waals surface area (Å²) in [5.74, 6) is 0.334. The molecule has 3 aromatic rings. The molecule has 2 heterocycles. The molecule has 0 radical (unpaired) electrons. The van der Waals surface area contributed by atoms with E-state index in [1.54, 1.807) is 13.2 Å². The molecule has 0 aliphatic carbocycles. The SMILES string of the molecule is COc1cccc(-c2ccc(=O)n(CC(=O)Nc3nc(C(C)(C)C)cs3)n2)c1. The number of carbonyl (C=O) groups is 1. The molecule has 0 spiro atoms.